The van der Waals surface area contributed by atoms with Crippen molar-refractivity contribution in [1.82, 2.24) is 10.1 Å². The minimum atomic E-state index is -0.820. The lowest BCUT2D eigenvalue weighted by Gasteiger charge is -2.00. The minimum Gasteiger partial charge on any atom is -0.481 e. The Morgan fingerprint density at radius 1 is 1.33 bits per heavy atom. The van der Waals surface area contributed by atoms with Crippen molar-refractivity contribution in [3.8, 4) is 0 Å². The van der Waals surface area contributed by atoms with Crippen molar-refractivity contribution in [3.63, 3.8) is 0 Å². The van der Waals surface area contributed by atoms with E-state index in [1.807, 2.05) is 24.3 Å². The molecular weight excluding hydrogens is 288 g/mol. The Kier molecular flexibility index (Phi) is 5.38. The maximum atomic E-state index is 10.6. The van der Waals surface area contributed by atoms with E-state index in [0.717, 1.165) is 22.7 Å². The van der Waals surface area contributed by atoms with Gasteiger partial charge in [0, 0.05) is 11.3 Å². The van der Waals surface area contributed by atoms with Gasteiger partial charge in [-0.05, 0) is 23.6 Å². The van der Waals surface area contributed by atoms with Crippen molar-refractivity contribution in [2.75, 3.05) is 0 Å². The lowest BCUT2D eigenvalue weighted by Crippen LogP contribution is -1.99. The smallest absolute Gasteiger partial charge is 0.307 e. The number of hydrogen-bond donors (Lipinski definition) is 1. The zero-order valence-corrected chi connectivity index (χ0v) is 12.9. The first kappa shape index (κ1) is 15.6. The van der Waals surface area contributed by atoms with Crippen molar-refractivity contribution in [1.29, 1.82) is 0 Å². The summed E-state index contributed by atoms with van der Waals surface area (Å²) in [6.45, 7) is 4.23. The lowest BCUT2D eigenvalue weighted by atomic mass is 10.1. The summed E-state index contributed by atoms with van der Waals surface area (Å²) in [6, 6.07) is 7.48. The number of aromatic nitrogens is 2. The fourth-order valence-electron chi connectivity index (χ4n) is 1.82. The van der Waals surface area contributed by atoms with E-state index < -0.39 is 5.97 Å². The number of benzene rings is 1. The van der Waals surface area contributed by atoms with Crippen LogP contribution in [0.5, 0.6) is 0 Å². The predicted octanol–water partition coefficient (Wildman–Crippen LogP) is 3.19. The van der Waals surface area contributed by atoms with Gasteiger partial charge in [0.25, 0.3) is 0 Å². The van der Waals surface area contributed by atoms with Gasteiger partial charge >= 0.3 is 5.97 Å². The van der Waals surface area contributed by atoms with Crippen molar-refractivity contribution in [3.05, 3.63) is 41.5 Å². The van der Waals surface area contributed by atoms with Gasteiger partial charge in [-0.3, -0.25) is 4.79 Å². The first-order valence-electron chi connectivity index (χ1n) is 6.78. The molecule has 0 saturated carbocycles. The van der Waals surface area contributed by atoms with Gasteiger partial charge < -0.3 is 9.63 Å². The lowest BCUT2D eigenvalue weighted by molar-refractivity contribution is -0.136. The van der Waals surface area contributed by atoms with Gasteiger partial charge in [0.2, 0.25) is 5.89 Å². The van der Waals surface area contributed by atoms with Crippen LogP contribution in [0.25, 0.3) is 0 Å². The molecule has 0 unspecified atom stereocenters. The van der Waals surface area contributed by atoms with E-state index >= 15 is 0 Å². The Balaban J connectivity index is 1.87. The van der Waals surface area contributed by atoms with Crippen molar-refractivity contribution >= 4 is 17.7 Å². The van der Waals surface area contributed by atoms with Crippen LogP contribution < -0.4 is 0 Å². The van der Waals surface area contributed by atoms with Crippen LogP contribution >= 0.6 is 11.8 Å². The third-order valence-corrected chi connectivity index (χ3v) is 3.74. The molecule has 0 aliphatic rings. The summed E-state index contributed by atoms with van der Waals surface area (Å²) in [5, 5.41) is 12.7. The number of hydrogen-bond acceptors (Lipinski definition) is 5. The second kappa shape index (κ2) is 7.26. The SMILES string of the molecule is CC(C)Cc1noc(CSc2ccc(CC(=O)O)cc2)n1. The second-order valence-corrected chi connectivity index (χ2v) is 6.25. The molecule has 1 heterocycles. The number of carbonyl (C=O) groups is 1. The quantitative estimate of drug-likeness (QED) is 0.792. The number of thioether (sulfide) groups is 1. The summed E-state index contributed by atoms with van der Waals surface area (Å²) < 4.78 is 5.20. The van der Waals surface area contributed by atoms with Crippen LogP contribution in [0.3, 0.4) is 0 Å². The van der Waals surface area contributed by atoms with E-state index in [2.05, 4.69) is 24.0 Å². The second-order valence-electron chi connectivity index (χ2n) is 5.21. The highest BCUT2D eigenvalue weighted by atomic mass is 32.2. The Morgan fingerprint density at radius 3 is 2.67 bits per heavy atom. The fraction of sp³-hybridized carbons (Fsp3) is 0.400. The molecule has 1 aromatic carbocycles. The molecule has 2 aromatic rings. The molecular formula is C15H18N2O3S. The molecule has 0 aliphatic carbocycles. The van der Waals surface area contributed by atoms with Crippen molar-refractivity contribution < 1.29 is 14.4 Å². The fourth-order valence-corrected chi connectivity index (χ4v) is 2.56. The number of carboxylic acid groups (broad SMARTS) is 1. The first-order valence-corrected chi connectivity index (χ1v) is 7.76. The summed E-state index contributed by atoms with van der Waals surface area (Å²) in [6.07, 6.45) is 0.866. The van der Waals surface area contributed by atoms with Gasteiger partial charge in [0.1, 0.15) is 0 Å². The van der Waals surface area contributed by atoms with E-state index in [1.165, 1.54) is 0 Å². The Bertz CT molecular complexity index is 593. The predicted molar refractivity (Wildman–Crippen MR) is 80.2 cm³/mol. The average Bonchev–Trinajstić information content (AvgIpc) is 2.84. The third kappa shape index (κ3) is 5.23. The molecule has 0 bridgehead atoms. The van der Waals surface area contributed by atoms with E-state index in [9.17, 15) is 4.79 Å². The Morgan fingerprint density at radius 2 is 2.05 bits per heavy atom. The first-order chi connectivity index (χ1) is 10.0. The molecule has 0 fully saturated rings. The Hall–Kier alpha value is -1.82. The summed E-state index contributed by atoms with van der Waals surface area (Å²) >= 11 is 1.59. The van der Waals surface area contributed by atoms with Crippen LogP contribution in [-0.4, -0.2) is 21.2 Å². The van der Waals surface area contributed by atoms with Gasteiger partial charge in [-0.2, -0.15) is 4.98 Å². The monoisotopic (exact) mass is 306 g/mol. The van der Waals surface area contributed by atoms with Gasteiger partial charge in [0.15, 0.2) is 5.82 Å². The molecule has 5 nitrogen and oxygen atoms in total. The van der Waals surface area contributed by atoms with Crippen LogP contribution in [0.1, 0.15) is 31.1 Å². The molecule has 0 amide bonds. The molecule has 0 saturated heterocycles. The zero-order valence-electron chi connectivity index (χ0n) is 12.1. The highest BCUT2D eigenvalue weighted by molar-refractivity contribution is 7.98. The molecule has 0 radical (unpaired) electrons. The highest BCUT2D eigenvalue weighted by Gasteiger charge is 2.08. The van der Waals surface area contributed by atoms with Gasteiger partial charge in [-0.25, -0.2) is 0 Å². The molecule has 2 rings (SSSR count). The largest absolute Gasteiger partial charge is 0.481 e. The van der Waals surface area contributed by atoms with Crippen LogP contribution in [0, 0.1) is 5.92 Å². The molecule has 112 valence electrons. The Labute approximate surface area is 127 Å². The van der Waals surface area contributed by atoms with Crippen molar-refractivity contribution in [2.45, 2.75) is 37.3 Å². The van der Waals surface area contributed by atoms with Gasteiger partial charge in [-0.1, -0.05) is 31.1 Å². The normalized spacial score (nSPS) is 11.0. The van der Waals surface area contributed by atoms with E-state index in [4.69, 9.17) is 9.63 Å². The third-order valence-electron chi connectivity index (χ3n) is 2.74. The minimum absolute atomic E-state index is 0.0488. The molecule has 1 aromatic heterocycles. The molecule has 0 aliphatic heterocycles. The van der Waals surface area contributed by atoms with Crippen LogP contribution in [-0.2, 0) is 23.4 Å². The summed E-state index contributed by atoms with van der Waals surface area (Å²) in [4.78, 5) is 16.0. The molecule has 0 spiro atoms. The van der Waals surface area contributed by atoms with E-state index in [0.29, 0.717) is 17.6 Å². The standard InChI is InChI=1S/C15H18N2O3S/c1-10(2)7-13-16-14(20-17-13)9-21-12-5-3-11(4-6-12)8-15(18)19/h3-6,10H,7-9H2,1-2H3,(H,18,19). The average molecular weight is 306 g/mol. The van der Waals surface area contributed by atoms with Crippen molar-refractivity contribution in [2.24, 2.45) is 5.92 Å². The van der Waals surface area contributed by atoms with Gasteiger partial charge in [-0.15, -0.1) is 11.8 Å². The van der Waals surface area contributed by atoms with Crippen LogP contribution in [0.2, 0.25) is 0 Å². The number of rotatable bonds is 7. The summed E-state index contributed by atoms with van der Waals surface area (Å²) in [7, 11) is 0. The maximum Gasteiger partial charge on any atom is 0.307 e. The molecule has 6 heteroatoms. The number of carboxylic acids is 1. The number of nitrogens with zero attached hydrogens (tertiary/aromatic N) is 2. The molecule has 0 atom stereocenters. The zero-order chi connectivity index (χ0) is 15.2. The molecule has 21 heavy (non-hydrogen) atoms. The summed E-state index contributed by atoms with van der Waals surface area (Å²) in [5.41, 5.74) is 0.795. The van der Waals surface area contributed by atoms with Crippen LogP contribution in [0.15, 0.2) is 33.7 Å². The number of aliphatic carboxylic acids is 1. The van der Waals surface area contributed by atoms with E-state index in [-0.39, 0.29) is 6.42 Å². The van der Waals surface area contributed by atoms with Crippen LogP contribution in [0.4, 0.5) is 0 Å². The summed E-state index contributed by atoms with van der Waals surface area (Å²) in [5.74, 6) is 1.66. The topological polar surface area (TPSA) is 76.2 Å². The van der Waals surface area contributed by atoms with E-state index in [1.54, 1.807) is 11.8 Å². The maximum absolute atomic E-state index is 10.6. The highest BCUT2D eigenvalue weighted by Crippen LogP contribution is 2.22. The molecule has 1 N–H and O–H groups in total. The van der Waals surface area contributed by atoms with Gasteiger partial charge in [0.05, 0.1) is 12.2 Å².